The zero-order valence-corrected chi connectivity index (χ0v) is 11.4. The van der Waals surface area contributed by atoms with Crippen LogP contribution in [0.15, 0.2) is 30.9 Å². The molecule has 0 fully saturated rings. The third-order valence-electron chi connectivity index (χ3n) is 3.11. The second-order valence-electron chi connectivity index (χ2n) is 4.28. The fourth-order valence-electron chi connectivity index (χ4n) is 2.07. The Labute approximate surface area is 113 Å². The highest BCUT2D eigenvalue weighted by Gasteiger charge is 2.13. The Hall–Kier alpha value is -2.17. The Morgan fingerprint density at radius 2 is 1.89 bits per heavy atom. The number of anilines is 2. The van der Waals surface area contributed by atoms with Gasteiger partial charge >= 0.3 is 0 Å². The minimum atomic E-state index is 0.570. The molecular weight excluding hydrogens is 238 g/mol. The van der Waals surface area contributed by atoms with Crippen LogP contribution in [-0.4, -0.2) is 21.5 Å². The van der Waals surface area contributed by atoms with Gasteiger partial charge < -0.3 is 10.6 Å². The molecule has 0 aromatic carbocycles. The summed E-state index contributed by atoms with van der Waals surface area (Å²) in [5.74, 6) is 1.50. The minimum absolute atomic E-state index is 0.570. The maximum absolute atomic E-state index is 5.93. The normalized spacial score (nSPS) is 10.4. The lowest BCUT2D eigenvalue weighted by Crippen LogP contribution is -2.25. The van der Waals surface area contributed by atoms with E-state index >= 15 is 0 Å². The first-order valence-corrected chi connectivity index (χ1v) is 6.49. The molecule has 0 bridgehead atoms. The first-order valence-electron chi connectivity index (χ1n) is 6.49. The number of hydrogen-bond donors (Lipinski definition) is 1. The lowest BCUT2D eigenvalue weighted by Gasteiger charge is -2.24. The SMILES string of the molecule is CCc1c(N)ncnc1N(CC)Cc1ccncc1. The van der Waals surface area contributed by atoms with E-state index in [0.29, 0.717) is 5.82 Å². The van der Waals surface area contributed by atoms with Gasteiger partial charge in [-0.2, -0.15) is 0 Å². The molecule has 0 saturated heterocycles. The highest BCUT2D eigenvalue weighted by atomic mass is 15.2. The maximum atomic E-state index is 5.93. The summed E-state index contributed by atoms with van der Waals surface area (Å²) in [5, 5.41) is 0. The van der Waals surface area contributed by atoms with Gasteiger partial charge in [0.05, 0.1) is 0 Å². The summed E-state index contributed by atoms with van der Waals surface area (Å²) in [6.45, 7) is 5.84. The highest BCUT2D eigenvalue weighted by Crippen LogP contribution is 2.23. The van der Waals surface area contributed by atoms with E-state index in [1.54, 1.807) is 12.4 Å². The number of nitrogen functional groups attached to an aromatic ring is 1. The van der Waals surface area contributed by atoms with Gasteiger partial charge in [-0.15, -0.1) is 0 Å². The Balaban J connectivity index is 2.30. The Morgan fingerprint density at radius 3 is 2.53 bits per heavy atom. The molecule has 0 radical (unpaired) electrons. The summed E-state index contributed by atoms with van der Waals surface area (Å²) < 4.78 is 0. The van der Waals surface area contributed by atoms with Crippen molar-refractivity contribution in [2.45, 2.75) is 26.8 Å². The third kappa shape index (κ3) is 2.99. The fourth-order valence-corrected chi connectivity index (χ4v) is 2.07. The van der Waals surface area contributed by atoms with Gasteiger partial charge in [0.15, 0.2) is 0 Å². The standard InChI is InChI=1S/C14H19N5/c1-3-12-13(15)17-10-18-14(12)19(4-2)9-11-5-7-16-8-6-11/h5-8,10H,3-4,9H2,1-2H3,(H2,15,17,18). The fraction of sp³-hybridized carbons (Fsp3) is 0.357. The number of pyridine rings is 1. The number of rotatable bonds is 5. The van der Waals surface area contributed by atoms with Crippen LogP contribution < -0.4 is 10.6 Å². The van der Waals surface area contributed by atoms with E-state index in [4.69, 9.17) is 5.73 Å². The number of nitrogens with two attached hydrogens (primary N) is 1. The van der Waals surface area contributed by atoms with Gasteiger partial charge in [-0.05, 0) is 31.0 Å². The first kappa shape index (κ1) is 13.3. The quantitative estimate of drug-likeness (QED) is 0.887. The largest absolute Gasteiger partial charge is 0.383 e. The van der Waals surface area contributed by atoms with Gasteiger partial charge in [-0.25, -0.2) is 9.97 Å². The van der Waals surface area contributed by atoms with Crippen molar-refractivity contribution in [2.24, 2.45) is 0 Å². The van der Waals surface area contributed by atoms with Crippen molar-refractivity contribution in [1.29, 1.82) is 0 Å². The first-order chi connectivity index (χ1) is 9.26. The molecule has 2 N–H and O–H groups in total. The molecular formula is C14H19N5. The lowest BCUT2D eigenvalue weighted by atomic mass is 10.2. The van der Waals surface area contributed by atoms with Crippen molar-refractivity contribution in [3.8, 4) is 0 Å². The molecule has 0 aliphatic rings. The van der Waals surface area contributed by atoms with Gasteiger partial charge in [-0.3, -0.25) is 4.98 Å². The number of aromatic nitrogens is 3. The smallest absolute Gasteiger partial charge is 0.137 e. The van der Waals surface area contributed by atoms with E-state index < -0.39 is 0 Å². The summed E-state index contributed by atoms with van der Waals surface area (Å²) in [4.78, 5) is 14.7. The molecule has 5 heteroatoms. The molecule has 2 rings (SSSR count). The predicted octanol–water partition coefficient (Wildman–Crippen LogP) is 2.04. The van der Waals surface area contributed by atoms with E-state index in [-0.39, 0.29) is 0 Å². The predicted molar refractivity (Wildman–Crippen MR) is 76.8 cm³/mol. The molecule has 19 heavy (non-hydrogen) atoms. The van der Waals surface area contributed by atoms with Gasteiger partial charge in [0.25, 0.3) is 0 Å². The Kier molecular flexibility index (Phi) is 4.28. The topological polar surface area (TPSA) is 67.9 Å². The molecule has 2 aromatic heterocycles. The van der Waals surface area contributed by atoms with Crippen LogP contribution in [0.3, 0.4) is 0 Å². The van der Waals surface area contributed by atoms with E-state index in [1.807, 2.05) is 12.1 Å². The van der Waals surface area contributed by atoms with Crippen molar-refractivity contribution < 1.29 is 0 Å². The van der Waals surface area contributed by atoms with Crippen molar-refractivity contribution in [2.75, 3.05) is 17.2 Å². The molecule has 0 unspecified atom stereocenters. The highest BCUT2D eigenvalue weighted by molar-refractivity contribution is 5.56. The lowest BCUT2D eigenvalue weighted by molar-refractivity contribution is 0.798. The number of nitrogens with zero attached hydrogens (tertiary/aromatic N) is 4. The van der Waals surface area contributed by atoms with Crippen LogP contribution in [0.4, 0.5) is 11.6 Å². The average molecular weight is 257 g/mol. The second-order valence-corrected chi connectivity index (χ2v) is 4.28. The summed E-state index contributed by atoms with van der Waals surface area (Å²) in [6, 6.07) is 4.03. The van der Waals surface area contributed by atoms with E-state index in [2.05, 4.69) is 33.7 Å². The average Bonchev–Trinajstić information content (AvgIpc) is 2.45. The van der Waals surface area contributed by atoms with E-state index in [0.717, 1.165) is 30.9 Å². The zero-order chi connectivity index (χ0) is 13.7. The van der Waals surface area contributed by atoms with Gasteiger partial charge in [-0.1, -0.05) is 6.92 Å². The van der Waals surface area contributed by atoms with Crippen LogP contribution in [0.25, 0.3) is 0 Å². The van der Waals surface area contributed by atoms with Crippen molar-refractivity contribution >= 4 is 11.6 Å². The van der Waals surface area contributed by atoms with E-state index in [9.17, 15) is 0 Å². The van der Waals surface area contributed by atoms with Crippen LogP contribution in [-0.2, 0) is 13.0 Å². The molecule has 2 heterocycles. The van der Waals surface area contributed by atoms with Gasteiger partial charge in [0, 0.05) is 31.0 Å². The molecule has 0 atom stereocenters. The Morgan fingerprint density at radius 1 is 1.16 bits per heavy atom. The molecule has 2 aromatic rings. The summed E-state index contributed by atoms with van der Waals surface area (Å²) in [7, 11) is 0. The summed E-state index contributed by atoms with van der Waals surface area (Å²) in [6.07, 6.45) is 5.96. The molecule has 0 saturated carbocycles. The van der Waals surface area contributed by atoms with Crippen molar-refractivity contribution in [3.05, 3.63) is 42.0 Å². The van der Waals surface area contributed by atoms with Crippen molar-refractivity contribution in [3.63, 3.8) is 0 Å². The third-order valence-corrected chi connectivity index (χ3v) is 3.11. The van der Waals surface area contributed by atoms with Crippen LogP contribution in [0, 0.1) is 0 Å². The van der Waals surface area contributed by atoms with Crippen LogP contribution >= 0.6 is 0 Å². The van der Waals surface area contributed by atoms with Crippen LogP contribution in [0.1, 0.15) is 25.0 Å². The van der Waals surface area contributed by atoms with Crippen molar-refractivity contribution in [1.82, 2.24) is 15.0 Å². The second kappa shape index (κ2) is 6.13. The molecule has 0 aliphatic heterocycles. The maximum Gasteiger partial charge on any atom is 0.137 e. The molecule has 5 nitrogen and oxygen atoms in total. The van der Waals surface area contributed by atoms with Crippen LogP contribution in [0.2, 0.25) is 0 Å². The Bertz CT molecular complexity index is 527. The van der Waals surface area contributed by atoms with Gasteiger partial charge in [0.2, 0.25) is 0 Å². The summed E-state index contributed by atoms with van der Waals surface area (Å²) in [5.41, 5.74) is 8.15. The van der Waals surface area contributed by atoms with Crippen LogP contribution in [0.5, 0.6) is 0 Å². The molecule has 0 aliphatic carbocycles. The number of hydrogen-bond acceptors (Lipinski definition) is 5. The monoisotopic (exact) mass is 257 g/mol. The molecule has 100 valence electrons. The van der Waals surface area contributed by atoms with E-state index in [1.165, 1.54) is 11.9 Å². The van der Waals surface area contributed by atoms with Gasteiger partial charge in [0.1, 0.15) is 18.0 Å². The minimum Gasteiger partial charge on any atom is -0.383 e. The molecule has 0 amide bonds. The molecule has 0 spiro atoms. The summed E-state index contributed by atoms with van der Waals surface area (Å²) >= 11 is 0. The zero-order valence-electron chi connectivity index (χ0n) is 11.4.